The van der Waals surface area contributed by atoms with Crippen LogP contribution in [-0.4, -0.2) is 63.3 Å². The van der Waals surface area contributed by atoms with Gasteiger partial charge < -0.3 is 15.4 Å². The van der Waals surface area contributed by atoms with Crippen LogP contribution < -0.4 is 10.6 Å². The molecule has 1 heterocycles. The summed E-state index contributed by atoms with van der Waals surface area (Å²) in [5, 5.41) is 6.67. The molecule has 0 aromatic heterocycles. The van der Waals surface area contributed by atoms with Gasteiger partial charge in [0, 0.05) is 32.7 Å². The van der Waals surface area contributed by atoms with E-state index >= 15 is 0 Å². The van der Waals surface area contributed by atoms with E-state index in [0.29, 0.717) is 0 Å². The number of hydrogen-bond acceptors (Lipinski definition) is 3. The molecule has 0 saturated carbocycles. The van der Waals surface area contributed by atoms with Gasteiger partial charge in [-0.1, -0.05) is 13.3 Å². The first-order chi connectivity index (χ1) is 9.86. The molecule has 0 spiro atoms. The molecule has 1 aliphatic rings. The molecule has 0 unspecified atom stereocenters. The first-order valence-electron chi connectivity index (χ1n) is 8.19. The molecule has 5 nitrogen and oxygen atoms in total. The SMILES string of the molecule is CCCCNC(=NCCCCN1CCOCC1)NCC.I. The van der Waals surface area contributed by atoms with Crippen molar-refractivity contribution in [2.75, 3.05) is 52.5 Å². The number of morpholine rings is 1. The van der Waals surface area contributed by atoms with Crippen LogP contribution in [0.1, 0.15) is 39.5 Å². The molecule has 1 rings (SSSR count). The van der Waals surface area contributed by atoms with Gasteiger partial charge in [0.2, 0.25) is 0 Å². The number of halogens is 1. The number of rotatable bonds is 9. The Kier molecular flexibility index (Phi) is 14.8. The number of unbranched alkanes of at least 4 members (excludes halogenated alkanes) is 2. The zero-order chi connectivity index (χ0) is 14.5. The van der Waals surface area contributed by atoms with Crippen LogP contribution in [-0.2, 0) is 4.74 Å². The second kappa shape index (κ2) is 14.8. The second-order valence-corrected chi connectivity index (χ2v) is 5.20. The van der Waals surface area contributed by atoms with Gasteiger partial charge in [0.25, 0.3) is 0 Å². The quantitative estimate of drug-likeness (QED) is 0.264. The lowest BCUT2D eigenvalue weighted by Crippen LogP contribution is -2.38. The molecule has 0 amide bonds. The highest BCUT2D eigenvalue weighted by Gasteiger charge is 2.08. The average molecular weight is 412 g/mol. The number of ether oxygens (including phenoxy) is 1. The number of guanidine groups is 1. The Morgan fingerprint density at radius 1 is 1.10 bits per heavy atom. The number of nitrogens with zero attached hydrogens (tertiary/aromatic N) is 2. The zero-order valence-corrected chi connectivity index (χ0v) is 16.0. The standard InChI is InChI=1S/C15H32N4O.HI/c1-3-5-8-17-15(16-4-2)18-9-6-7-10-19-11-13-20-14-12-19;/h3-14H2,1-2H3,(H2,16,17,18);1H. The summed E-state index contributed by atoms with van der Waals surface area (Å²) < 4.78 is 5.35. The Labute approximate surface area is 147 Å². The maximum atomic E-state index is 5.35. The molecule has 0 aromatic rings. The van der Waals surface area contributed by atoms with Crippen molar-refractivity contribution in [2.45, 2.75) is 39.5 Å². The summed E-state index contributed by atoms with van der Waals surface area (Å²) in [6.45, 7) is 12.3. The summed E-state index contributed by atoms with van der Waals surface area (Å²) in [5.74, 6) is 0.965. The zero-order valence-electron chi connectivity index (χ0n) is 13.7. The van der Waals surface area contributed by atoms with E-state index in [1.54, 1.807) is 0 Å². The number of aliphatic imine (C=N–C) groups is 1. The van der Waals surface area contributed by atoms with Crippen LogP contribution in [0.15, 0.2) is 4.99 Å². The van der Waals surface area contributed by atoms with E-state index in [4.69, 9.17) is 4.74 Å². The van der Waals surface area contributed by atoms with Crippen molar-refractivity contribution in [1.29, 1.82) is 0 Å². The van der Waals surface area contributed by atoms with Crippen molar-refractivity contribution in [3.05, 3.63) is 0 Å². The Bertz CT molecular complexity index is 258. The van der Waals surface area contributed by atoms with Gasteiger partial charge in [-0.15, -0.1) is 24.0 Å². The molecular formula is C15H33IN4O. The van der Waals surface area contributed by atoms with E-state index in [9.17, 15) is 0 Å². The lowest BCUT2D eigenvalue weighted by atomic mass is 10.3. The maximum absolute atomic E-state index is 5.35. The van der Waals surface area contributed by atoms with Crippen molar-refractivity contribution < 1.29 is 4.74 Å². The average Bonchev–Trinajstić information content (AvgIpc) is 2.48. The minimum atomic E-state index is 0. The Morgan fingerprint density at radius 3 is 2.52 bits per heavy atom. The van der Waals surface area contributed by atoms with Gasteiger partial charge in [0.15, 0.2) is 5.96 Å². The Hall–Kier alpha value is -0.0800. The van der Waals surface area contributed by atoms with Crippen molar-refractivity contribution >= 4 is 29.9 Å². The van der Waals surface area contributed by atoms with E-state index in [0.717, 1.165) is 58.3 Å². The Balaban J connectivity index is 0.00000400. The van der Waals surface area contributed by atoms with Crippen LogP contribution in [0.5, 0.6) is 0 Å². The molecule has 126 valence electrons. The normalized spacial score (nSPS) is 16.4. The highest BCUT2D eigenvalue weighted by Crippen LogP contribution is 2.00. The first kappa shape index (κ1) is 20.9. The molecule has 0 aliphatic carbocycles. The van der Waals surface area contributed by atoms with E-state index in [2.05, 4.69) is 34.4 Å². The van der Waals surface area contributed by atoms with Gasteiger partial charge in [0.1, 0.15) is 0 Å². The minimum absolute atomic E-state index is 0. The van der Waals surface area contributed by atoms with E-state index in [1.807, 2.05) is 0 Å². The van der Waals surface area contributed by atoms with Gasteiger partial charge in [-0.2, -0.15) is 0 Å². The lowest BCUT2D eigenvalue weighted by molar-refractivity contribution is 0.0373. The molecular weight excluding hydrogens is 379 g/mol. The second-order valence-electron chi connectivity index (χ2n) is 5.20. The van der Waals surface area contributed by atoms with Gasteiger partial charge in [-0.3, -0.25) is 9.89 Å². The number of nitrogens with one attached hydrogen (secondary N) is 2. The van der Waals surface area contributed by atoms with Crippen molar-refractivity contribution in [2.24, 2.45) is 4.99 Å². The summed E-state index contributed by atoms with van der Waals surface area (Å²) in [6, 6.07) is 0. The summed E-state index contributed by atoms with van der Waals surface area (Å²) in [4.78, 5) is 7.10. The molecule has 0 aromatic carbocycles. The van der Waals surface area contributed by atoms with Crippen LogP contribution >= 0.6 is 24.0 Å². The van der Waals surface area contributed by atoms with Gasteiger partial charge in [-0.25, -0.2) is 0 Å². The molecule has 2 N–H and O–H groups in total. The smallest absolute Gasteiger partial charge is 0.191 e. The van der Waals surface area contributed by atoms with E-state index < -0.39 is 0 Å². The first-order valence-corrected chi connectivity index (χ1v) is 8.19. The summed E-state index contributed by atoms with van der Waals surface area (Å²) in [6.07, 6.45) is 4.78. The third-order valence-electron chi connectivity index (χ3n) is 3.42. The van der Waals surface area contributed by atoms with Crippen LogP contribution in [0.4, 0.5) is 0 Å². The fourth-order valence-electron chi connectivity index (χ4n) is 2.19. The fourth-order valence-corrected chi connectivity index (χ4v) is 2.19. The van der Waals surface area contributed by atoms with E-state index in [-0.39, 0.29) is 24.0 Å². The van der Waals surface area contributed by atoms with Crippen molar-refractivity contribution in [3.8, 4) is 0 Å². The molecule has 21 heavy (non-hydrogen) atoms. The van der Waals surface area contributed by atoms with Crippen molar-refractivity contribution in [3.63, 3.8) is 0 Å². The lowest BCUT2D eigenvalue weighted by Gasteiger charge is -2.26. The molecule has 6 heteroatoms. The predicted molar refractivity (Wildman–Crippen MR) is 101 cm³/mol. The number of hydrogen-bond donors (Lipinski definition) is 2. The topological polar surface area (TPSA) is 48.9 Å². The van der Waals surface area contributed by atoms with Crippen LogP contribution in [0, 0.1) is 0 Å². The molecule has 0 atom stereocenters. The minimum Gasteiger partial charge on any atom is -0.379 e. The molecule has 0 radical (unpaired) electrons. The monoisotopic (exact) mass is 412 g/mol. The fraction of sp³-hybridized carbons (Fsp3) is 0.933. The van der Waals surface area contributed by atoms with Crippen molar-refractivity contribution in [1.82, 2.24) is 15.5 Å². The van der Waals surface area contributed by atoms with Crippen LogP contribution in [0.3, 0.4) is 0 Å². The molecule has 1 aliphatic heterocycles. The van der Waals surface area contributed by atoms with E-state index in [1.165, 1.54) is 25.8 Å². The molecule has 0 bridgehead atoms. The van der Waals surface area contributed by atoms with Crippen LogP contribution in [0.2, 0.25) is 0 Å². The summed E-state index contributed by atoms with van der Waals surface area (Å²) >= 11 is 0. The summed E-state index contributed by atoms with van der Waals surface area (Å²) in [5.41, 5.74) is 0. The Morgan fingerprint density at radius 2 is 1.86 bits per heavy atom. The third-order valence-corrected chi connectivity index (χ3v) is 3.42. The van der Waals surface area contributed by atoms with Gasteiger partial charge in [0.05, 0.1) is 13.2 Å². The molecule has 1 saturated heterocycles. The predicted octanol–water partition coefficient (Wildman–Crippen LogP) is 2.07. The highest BCUT2D eigenvalue weighted by atomic mass is 127. The van der Waals surface area contributed by atoms with Gasteiger partial charge >= 0.3 is 0 Å². The summed E-state index contributed by atoms with van der Waals surface area (Å²) in [7, 11) is 0. The van der Waals surface area contributed by atoms with Crippen LogP contribution in [0.25, 0.3) is 0 Å². The third kappa shape index (κ3) is 11.2. The highest BCUT2D eigenvalue weighted by molar-refractivity contribution is 14.0. The van der Waals surface area contributed by atoms with Gasteiger partial charge in [-0.05, 0) is 32.7 Å². The molecule has 1 fully saturated rings. The largest absolute Gasteiger partial charge is 0.379 e. The maximum Gasteiger partial charge on any atom is 0.191 e.